The van der Waals surface area contributed by atoms with Crippen molar-refractivity contribution in [3.05, 3.63) is 71.8 Å². The second-order valence-corrected chi connectivity index (χ2v) is 22.5. The number of benzene rings is 2. The SMILES string of the molecule is C[Si](C)(O)O[Si](C)(C)O.C[Si](O)(CCc1ccccc1)O[Si](C)(O)CCc1ccccc1. The van der Waals surface area contributed by atoms with E-state index in [-0.39, 0.29) is 0 Å². The summed E-state index contributed by atoms with van der Waals surface area (Å²) in [5, 5.41) is 0. The Morgan fingerprint density at radius 2 is 0.844 bits per heavy atom. The molecule has 2 aromatic rings. The fraction of sp³-hybridized carbons (Fsp3) is 0.455. The summed E-state index contributed by atoms with van der Waals surface area (Å²) in [5.74, 6) is 0. The molecular weight excluding hydrogens is 473 g/mol. The summed E-state index contributed by atoms with van der Waals surface area (Å²) in [4.78, 5) is 39.5. The molecule has 0 saturated carbocycles. The second-order valence-electron chi connectivity index (χ2n) is 9.42. The maximum absolute atomic E-state index is 10.6. The molecule has 2 rings (SSSR count). The lowest BCUT2D eigenvalue weighted by molar-refractivity contribution is 0.306. The molecule has 0 aliphatic rings. The first kappa shape index (κ1) is 29.1. The lowest BCUT2D eigenvalue weighted by atomic mass is 10.2. The molecule has 0 amide bonds. The smallest absolute Gasteiger partial charge is 0.323 e. The van der Waals surface area contributed by atoms with E-state index in [1.165, 1.54) is 11.1 Å². The number of aryl methyl sites for hydroxylation is 2. The lowest BCUT2D eigenvalue weighted by Gasteiger charge is -2.30. The van der Waals surface area contributed by atoms with E-state index in [1.54, 1.807) is 39.3 Å². The Hall–Kier alpha value is -0.932. The van der Waals surface area contributed by atoms with Crippen LogP contribution in [0.25, 0.3) is 0 Å². The molecule has 4 N–H and O–H groups in total. The largest absolute Gasteiger partial charge is 0.415 e. The predicted octanol–water partition coefficient (Wildman–Crippen LogP) is 4.01. The summed E-state index contributed by atoms with van der Waals surface area (Å²) < 4.78 is 10.9. The Morgan fingerprint density at radius 1 is 0.531 bits per heavy atom. The second kappa shape index (κ2) is 12.5. The van der Waals surface area contributed by atoms with Crippen molar-refractivity contribution in [2.45, 2.75) is 64.2 Å². The van der Waals surface area contributed by atoms with Gasteiger partial charge in [0.1, 0.15) is 0 Å². The van der Waals surface area contributed by atoms with Crippen LogP contribution in [-0.2, 0) is 21.1 Å². The number of rotatable bonds is 10. The van der Waals surface area contributed by atoms with Crippen LogP contribution in [0, 0.1) is 0 Å². The molecule has 180 valence electrons. The van der Waals surface area contributed by atoms with Crippen LogP contribution < -0.4 is 0 Å². The van der Waals surface area contributed by atoms with Crippen LogP contribution in [0.3, 0.4) is 0 Å². The van der Waals surface area contributed by atoms with Gasteiger partial charge >= 0.3 is 34.2 Å². The Morgan fingerprint density at radius 3 is 1.09 bits per heavy atom. The first-order chi connectivity index (χ1) is 14.6. The first-order valence-corrected chi connectivity index (χ1v) is 21.8. The van der Waals surface area contributed by atoms with Crippen molar-refractivity contribution in [2.75, 3.05) is 0 Å². The van der Waals surface area contributed by atoms with Crippen molar-refractivity contribution >= 4 is 34.2 Å². The number of hydrogen-bond acceptors (Lipinski definition) is 6. The van der Waals surface area contributed by atoms with Gasteiger partial charge in [-0.15, -0.1) is 0 Å². The van der Waals surface area contributed by atoms with E-state index in [4.69, 9.17) is 17.8 Å². The van der Waals surface area contributed by atoms with E-state index in [0.717, 1.165) is 12.8 Å². The molecule has 0 heterocycles. The highest BCUT2D eigenvalue weighted by Crippen LogP contribution is 2.21. The zero-order valence-electron chi connectivity index (χ0n) is 20.2. The minimum Gasteiger partial charge on any atom is -0.415 e. The summed E-state index contributed by atoms with van der Waals surface area (Å²) in [6.07, 6.45) is 1.56. The summed E-state index contributed by atoms with van der Waals surface area (Å²) in [7, 11) is -10.7. The Balaban J connectivity index is 0.000000482. The molecular formula is C22H40O6Si4. The molecule has 10 heteroatoms. The summed E-state index contributed by atoms with van der Waals surface area (Å²) >= 11 is 0. The highest BCUT2D eigenvalue weighted by atomic mass is 28.5. The predicted molar refractivity (Wildman–Crippen MR) is 139 cm³/mol. The van der Waals surface area contributed by atoms with Crippen LogP contribution in [-0.4, -0.2) is 53.4 Å². The lowest BCUT2D eigenvalue weighted by Crippen LogP contribution is -2.49. The Labute approximate surface area is 197 Å². The molecule has 0 bridgehead atoms. The van der Waals surface area contributed by atoms with Gasteiger partial charge < -0.3 is 27.4 Å². The molecule has 0 aromatic heterocycles. The third kappa shape index (κ3) is 15.0. The van der Waals surface area contributed by atoms with Gasteiger partial charge in [0.2, 0.25) is 0 Å². The van der Waals surface area contributed by atoms with Crippen molar-refractivity contribution in [3.63, 3.8) is 0 Å². The fourth-order valence-electron chi connectivity index (χ4n) is 3.23. The van der Waals surface area contributed by atoms with Crippen LogP contribution in [0.4, 0.5) is 0 Å². The summed E-state index contributed by atoms with van der Waals surface area (Å²) in [5.41, 5.74) is 2.38. The van der Waals surface area contributed by atoms with Crippen LogP contribution in [0.15, 0.2) is 60.7 Å². The van der Waals surface area contributed by atoms with Crippen molar-refractivity contribution < 1.29 is 27.4 Å². The van der Waals surface area contributed by atoms with Gasteiger partial charge in [-0.25, -0.2) is 0 Å². The van der Waals surface area contributed by atoms with Gasteiger partial charge in [-0.2, -0.15) is 0 Å². The van der Waals surface area contributed by atoms with E-state index in [1.807, 2.05) is 36.4 Å². The van der Waals surface area contributed by atoms with Crippen molar-refractivity contribution in [3.8, 4) is 0 Å². The molecule has 2 aromatic carbocycles. The molecule has 0 radical (unpaired) electrons. The van der Waals surface area contributed by atoms with Gasteiger partial charge in [-0.05, 0) is 75.3 Å². The van der Waals surface area contributed by atoms with Crippen molar-refractivity contribution in [1.82, 2.24) is 0 Å². The maximum atomic E-state index is 10.6. The van der Waals surface area contributed by atoms with Crippen molar-refractivity contribution in [1.29, 1.82) is 0 Å². The minimum atomic E-state index is -2.85. The highest BCUT2D eigenvalue weighted by molar-refractivity contribution is 6.78. The molecule has 0 aliphatic carbocycles. The van der Waals surface area contributed by atoms with Gasteiger partial charge in [0.25, 0.3) is 0 Å². The van der Waals surface area contributed by atoms with Gasteiger partial charge in [0.05, 0.1) is 0 Å². The zero-order valence-corrected chi connectivity index (χ0v) is 24.2. The fourth-order valence-corrected chi connectivity index (χ4v) is 14.2. The first-order valence-electron chi connectivity index (χ1n) is 10.9. The third-order valence-corrected chi connectivity index (χ3v) is 14.2. The van der Waals surface area contributed by atoms with Crippen LogP contribution in [0.1, 0.15) is 11.1 Å². The quantitative estimate of drug-likeness (QED) is 0.359. The van der Waals surface area contributed by atoms with Gasteiger partial charge in [0.15, 0.2) is 0 Å². The third-order valence-electron chi connectivity index (χ3n) is 4.38. The molecule has 0 saturated heterocycles. The van der Waals surface area contributed by atoms with E-state index < -0.39 is 34.2 Å². The molecule has 0 aliphatic heterocycles. The van der Waals surface area contributed by atoms with E-state index in [2.05, 4.69) is 24.3 Å². The van der Waals surface area contributed by atoms with Gasteiger partial charge in [-0.3, -0.25) is 0 Å². The molecule has 0 fully saturated rings. The van der Waals surface area contributed by atoms with Gasteiger partial charge in [0, 0.05) is 0 Å². The monoisotopic (exact) mass is 512 g/mol. The average molecular weight is 513 g/mol. The van der Waals surface area contributed by atoms with Gasteiger partial charge in [-0.1, -0.05) is 60.7 Å². The van der Waals surface area contributed by atoms with Crippen LogP contribution >= 0.6 is 0 Å². The van der Waals surface area contributed by atoms with E-state index in [9.17, 15) is 9.59 Å². The molecule has 2 atom stereocenters. The average Bonchev–Trinajstić information content (AvgIpc) is 2.63. The zero-order chi connectivity index (χ0) is 24.5. The van der Waals surface area contributed by atoms with E-state index in [0.29, 0.717) is 12.1 Å². The van der Waals surface area contributed by atoms with E-state index >= 15 is 0 Å². The standard InChI is InChI=1S/C18H26O3Si2.C4H14O3Si2/c1-22(19,15-13-17-9-5-3-6-10-17)21-23(2,20)16-14-18-11-7-4-8-12-18;1-8(2,5)7-9(3,4)6/h3-12,19-20H,13-16H2,1-2H3;5-6H,1-4H3. The number of hydrogen-bond donors (Lipinski definition) is 4. The molecule has 6 nitrogen and oxygen atoms in total. The normalized spacial score (nSPS) is 15.8. The summed E-state index contributed by atoms with van der Waals surface area (Å²) in [6, 6.07) is 21.4. The maximum Gasteiger partial charge on any atom is 0.323 e. The summed E-state index contributed by atoms with van der Waals surface area (Å²) in [6.45, 7) is 10.1. The Kier molecular flexibility index (Phi) is 11.4. The van der Waals surface area contributed by atoms with Crippen LogP contribution in [0.2, 0.25) is 51.4 Å². The van der Waals surface area contributed by atoms with Crippen molar-refractivity contribution in [2.24, 2.45) is 0 Å². The highest BCUT2D eigenvalue weighted by Gasteiger charge is 2.38. The minimum absolute atomic E-state index is 0.603. The topological polar surface area (TPSA) is 99.4 Å². The Bertz CT molecular complexity index is 709. The van der Waals surface area contributed by atoms with Crippen LogP contribution in [0.5, 0.6) is 0 Å². The molecule has 32 heavy (non-hydrogen) atoms. The molecule has 0 spiro atoms. The molecule has 2 unspecified atom stereocenters.